The van der Waals surface area contributed by atoms with Gasteiger partial charge in [0, 0.05) is 20.8 Å². The molecule has 11 heteroatoms. The summed E-state index contributed by atoms with van der Waals surface area (Å²) >= 11 is 0. The van der Waals surface area contributed by atoms with Gasteiger partial charge in [-0.1, -0.05) is 30.3 Å². The highest BCUT2D eigenvalue weighted by molar-refractivity contribution is 5.69. The van der Waals surface area contributed by atoms with Crippen LogP contribution in [0.3, 0.4) is 0 Å². The Morgan fingerprint density at radius 3 is 2.13 bits per heavy atom. The van der Waals surface area contributed by atoms with Crippen molar-refractivity contribution in [3.05, 3.63) is 35.9 Å². The summed E-state index contributed by atoms with van der Waals surface area (Å²) in [5.41, 5.74) is 0.730. The maximum atomic E-state index is 12.3. The molecule has 2 N–H and O–H groups in total. The van der Waals surface area contributed by atoms with Crippen molar-refractivity contribution in [1.29, 1.82) is 0 Å². The fourth-order valence-corrected chi connectivity index (χ4v) is 2.97. The topological polar surface area (TPSA) is 147 Å². The number of aliphatic hydroxyl groups excluding tert-OH is 1. The van der Waals surface area contributed by atoms with Gasteiger partial charge in [-0.15, -0.1) is 0 Å². The van der Waals surface area contributed by atoms with Crippen molar-refractivity contribution >= 4 is 24.0 Å². The molecule has 1 heterocycles. The number of rotatable bonds is 7. The van der Waals surface area contributed by atoms with E-state index in [4.69, 9.17) is 23.7 Å². The summed E-state index contributed by atoms with van der Waals surface area (Å²) in [5.74, 6) is -2.12. The summed E-state index contributed by atoms with van der Waals surface area (Å²) < 4.78 is 25.8. The Labute approximate surface area is 178 Å². The van der Waals surface area contributed by atoms with Gasteiger partial charge in [0.2, 0.25) is 0 Å². The quantitative estimate of drug-likeness (QED) is 0.453. The van der Waals surface area contributed by atoms with Gasteiger partial charge in [0.1, 0.15) is 25.4 Å². The van der Waals surface area contributed by atoms with E-state index in [0.29, 0.717) is 0 Å². The van der Waals surface area contributed by atoms with Crippen LogP contribution in [0.25, 0.3) is 0 Å². The molecular weight excluding hydrogens is 414 g/mol. The van der Waals surface area contributed by atoms with Gasteiger partial charge in [-0.25, -0.2) is 4.79 Å². The molecule has 1 saturated heterocycles. The molecule has 31 heavy (non-hydrogen) atoms. The Hall–Kier alpha value is -3.18. The third-order valence-corrected chi connectivity index (χ3v) is 4.22. The van der Waals surface area contributed by atoms with Crippen molar-refractivity contribution in [3.8, 4) is 0 Å². The molecule has 0 bridgehead atoms. The van der Waals surface area contributed by atoms with Crippen molar-refractivity contribution in [3.63, 3.8) is 0 Å². The number of esters is 3. The summed E-state index contributed by atoms with van der Waals surface area (Å²) in [4.78, 5) is 46.7. The molecule has 5 atom stereocenters. The standard InChI is InChI=1S/C20H25NO10/c1-11(22)27-10-15-17(29-12(2)23)18(30-13(3)24)16(19(25)31-15)21-20(26)28-9-14-7-5-4-6-8-14/h4-8,15-19,25H,9-10H2,1-3H3,(H,21,26)/t15-,16-,17-,18+,19?/m1/s1. The number of amides is 1. The molecule has 0 spiro atoms. The number of benzene rings is 1. The lowest BCUT2D eigenvalue weighted by Gasteiger charge is -2.43. The largest absolute Gasteiger partial charge is 0.463 e. The van der Waals surface area contributed by atoms with Crippen LogP contribution in [0.5, 0.6) is 0 Å². The second-order valence-electron chi connectivity index (χ2n) is 6.75. The minimum absolute atomic E-state index is 0.0446. The average molecular weight is 439 g/mol. The number of nitrogens with one attached hydrogen (secondary N) is 1. The zero-order valence-electron chi connectivity index (χ0n) is 17.3. The first-order valence-electron chi connectivity index (χ1n) is 9.46. The van der Waals surface area contributed by atoms with Gasteiger partial charge in [-0.05, 0) is 5.56 Å². The van der Waals surface area contributed by atoms with E-state index in [1.165, 1.54) is 0 Å². The molecule has 1 amide bonds. The highest BCUT2D eigenvalue weighted by Gasteiger charge is 2.50. The van der Waals surface area contributed by atoms with Crippen LogP contribution in [0, 0.1) is 0 Å². The summed E-state index contributed by atoms with van der Waals surface area (Å²) in [6.45, 7) is 2.97. The first-order chi connectivity index (χ1) is 14.7. The van der Waals surface area contributed by atoms with Crippen LogP contribution in [0.2, 0.25) is 0 Å². The summed E-state index contributed by atoms with van der Waals surface area (Å²) in [5, 5.41) is 12.8. The van der Waals surface area contributed by atoms with Crippen LogP contribution >= 0.6 is 0 Å². The molecule has 1 unspecified atom stereocenters. The number of alkyl carbamates (subject to hydrolysis) is 1. The van der Waals surface area contributed by atoms with E-state index in [1.807, 2.05) is 6.07 Å². The molecule has 1 aliphatic heterocycles. The second-order valence-corrected chi connectivity index (χ2v) is 6.75. The van der Waals surface area contributed by atoms with Crippen molar-refractivity contribution in [1.82, 2.24) is 5.32 Å². The van der Waals surface area contributed by atoms with Crippen LogP contribution in [0.1, 0.15) is 26.3 Å². The Morgan fingerprint density at radius 2 is 1.55 bits per heavy atom. The SMILES string of the molecule is CC(=O)OC[C@H]1OC(O)[C@H](NC(=O)OCc2ccccc2)[C@H](OC(C)=O)[C@@H]1OC(C)=O. The lowest BCUT2D eigenvalue weighted by atomic mass is 9.96. The maximum Gasteiger partial charge on any atom is 0.407 e. The predicted octanol–water partition coefficient (Wildman–Crippen LogP) is 0.425. The van der Waals surface area contributed by atoms with E-state index in [2.05, 4.69) is 5.32 Å². The number of carbonyl (C=O) groups excluding carboxylic acids is 4. The lowest BCUT2D eigenvalue weighted by Crippen LogP contribution is -2.66. The van der Waals surface area contributed by atoms with Crippen molar-refractivity contribution in [2.24, 2.45) is 0 Å². The Bertz CT molecular complexity index is 783. The fraction of sp³-hybridized carbons (Fsp3) is 0.500. The molecule has 1 aromatic carbocycles. The van der Waals surface area contributed by atoms with Crippen molar-refractivity contribution in [2.45, 2.75) is 58.0 Å². The predicted molar refractivity (Wildman–Crippen MR) is 102 cm³/mol. The molecule has 0 aliphatic carbocycles. The molecule has 170 valence electrons. The van der Waals surface area contributed by atoms with E-state index >= 15 is 0 Å². The van der Waals surface area contributed by atoms with Gasteiger partial charge in [-0.2, -0.15) is 0 Å². The highest BCUT2D eigenvalue weighted by Crippen LogP contribution is 2.26. The van der Waals surface area contributed by atoms with E-state index in [0.717, 1.165) is 26.3 Å². The number of carbonyl (C=O) groups is 4. The third kappa shape index (κ3) is 7.54. The molecule has 1 aliphatic rings. The lowest BCUT2D eigenvalue weighted by molar-refractivity contribution is -0.264. The molecule has 2 rings (SSSR count). The normalized spacial score (nSPS) is 25.1. The van der Waals surface area contributed by atoms with Crippen LogP contribution in [-0.4, -0.2) is 66.4 Å². The Morgan fingerprint density at radius 1 is 0.935 bits per heavy atom. The minimum Gasteiger partial charge on any atom is -0.463 e. The zero-order valence-corrected chi connectivity index (χ0v) is 17.3. The molecule has 1 aromatic rings. The average Bonchev–Trinajstić information content (AvgIpc) is 2.70. The molecule has 1 fully saturated rings. The number of hydrogen-bond donors (Lipinski definition) is 2. The smallest absolute Gasteiger partial charge is 0.407 e. The molecular formula is C20H25NO10. The fourth-order valence-electron chi connectivity index (χ4n) is 2.97. The number of ether oxygens (including phenoxy) is 5. The van der Waals surface area contributed by atoms with Crippen LogP contribution in [0.4, 0.5) is 4.79 Å². The first-order valence-corrected chi connectivity index (χ1v) is 9.46. The van der Waals surface area contributed by atoms with E-state index in [9.17, 15) is 24.3 Å². The van der Waals surface area contributed by atoms with Gasteiger partial charge in [0.05, 0.1) is 0 Å². The van der Waals surface area contributed by atoms with Gasteiger partial charge in [0.15, 0.2) is 18.5 Å². The summed E-state index contributed by atoms with van der Waals surface area (Å²) in [7, 11) is 0. The molecule has 11 nitrogen and oxygen atoms in total. The van der Waals surface area contributed by atoms with Gasteiger partial charge in [0.25, 0.3) is 0 Å². The van der Waals surface area contributed by atoms with E-state index in [1.54, 1.807) is 24.3 Å². The summed E-state index contributed by atoms with van der Waals surface area (Å²) in [6, 6.07) is 7.54. The first kappa shape index (κ1) is 24.1. The summed E-state index contributed by atoms with van der Waals surface area (Å²) in [6.07, 6.45) is -6.36. The van der Waals surface area contributed by atoms with Gasteiger partial charge in [-0.3, -0.25) is 14.4 Å². The Balaban J connectivity index is 2.16. The minimum atomic E-state index is -1.68. The Kier molecular flexibility index (Phi) is 8.76. The van der Waals surface area contributed by atoms with Crippen LogP contribution in [-0.2, 0) is 44.7 Å². The van der Waals surface area contributed by atoms with E-state index < -0.39 is 54.6 Å². The van der Waals surface area contributed by atoms with Crippen molar-refractivity contribution in [2.75, 3.05) is 6.61 Å². The molecule has 0 radical (unpaired) electrons. The van der Waals surface area contributed by atoms with E-state index in [-0.39, 0.29) is 13.2 Å². The number of hydrogen-bond acceptors (Lipinski definition) is 10. The second kappa shape index (κ2) is 11.3. The monoisotopic (exact) mass is 439 g/mol. The zero-order chi connectivity index (χ0) is 23.0. The third-order valence-electron chi connectivity index (χ3n) is 4.22. The van der Waals surface area contributed by atoms with Gasteiger partial charge < -0.3 is 34.1 Å². The highest BCUT2D eigenvalue weighted by atomic mass is 16.7. The van der Waals surface area contributed by atoms with Gasteiger partial charge >= 0.3 is 24.0 Å². The van der Waals surface area contributed by atoms with Crippen molar-refractivity contribution < 1.29 is 48.0 Å². The number of aliphatic hydroxyl groups is 1. The molecule has 0 saturated carbocycles. The molecule has 0 aromatic heterocycles. The maximum absolute atomic E-state index is 12.3. The van der Waals surface area contributed by atoms with Crippen LogP contribution < -0.4 is 5.32 Å². The van der Waals surface area contributed by atoms with Crippen LogP contribution in [0.15, 0.2) is 30.3 Å².